The van der Waals surface area contributed by atoms with Crippen molar-refractivity contribution in [2.24, 2.45) is 17.8 Å². The highest BCUT2D eigenvalue weighted by molar-refractivity contribution is 5.68. The fourth-order valence-electron chi connectivity index (χ4n) is 4.94. The van der Waals surface area contributed by atoms with Gasteiger partial charge in [-0.3, -0.25) is 0 Å². The second-order valence-corrected chi connectivity index (χ2v) is 9.69. The van der Waals surface area contributed by atoms with Gasteiger partial charge in [-0.25, -0.2) is 14.8 Å². The van der Waals surface area contributed by atoms with Gasteiger partial charge < -0.3 is 15.4 Å². The van der Waals surface area contributed by atoms with Gasteiger partial charge in [-0.2, -0.15) is 13.2 Å². The monoisotopic (exact) mass is 442 g/mol. The van der Waals surface area contributed by atoms with E-state index in [-0.39, 0.29) is 18.0 Å². The molecule has 3 unspecified atom stereocenters. The van der Waals surface area contributed by atoms with Gasteiger partial charge in [0, 0.05) is 0 Å². The van der Waals surface area contributed by atoms with E-state index in [1.807, 2.05) is 6.92 Å². The molecule has 1 heterocycles. The van der Waals surface area contributed by atoms with Gasteiger partial charge in [-0.05, 0) is 56.8 Å². The first kappa shape index (κ1) is 23.6. The average Bonchev–Trinajstić information content (AvgIpc) is 3.01. The zero-order valence-corrected chi connectivity index (χ0v) is 18.6. The molecule has 2 fully saturated rings. The van der Waals surface area contributed by atoms with Gasteiger partial charge in [0.15, 0.2) is 5.69 Å². The molecule has 0 aliphatic heterocycles. The van der Waals surface area contributed by atoms with Gasteiger partial charge in [-0.1, -0.05) is 27.2 Å². The maximum absolute atomic E-state index is 12.7. The van der Waals surface area contributed by atoms with Crippen LogP contribution in [0.15, 0.2) is 12.4 Å². The van der Waals surface area contributed by atoms with E-state index in [4.69, 9.17) is 4.74 Å². The molecular weight excluding hydrogens is 409 g/mol. The number of nitrogens with one attached hydrogen (secondary N) is 2. The molecule has 3 rings (SSSR count). The number of carbonyl (C=O) groups is 1. The number of hydrogen-bond acceptors (Lipinski definition) is 5. The summed E-state index contributed by atoms with van der Waals surface area (Å²) in [5, 5.41) is 6.17. The Balaban J connectivity index is 1.62. The van der Waals surface area contributed by atoms with E-state index in [9.17, 15) is 18.0 Å². The zero-order chi connectivity index (χ0) is 22.8. The molecule has 2 saturated carbocycles. The quantitative estimate of drug-likeness (QED) is 0.638. The van der Waals surface area contributed by atoms with Gasteiger partial charge in [0.05, 0.1) is 24.0 Å². The van der Waals surface area contributed by atoms with Crippen LogP contribution in [-0.2, 0) is 10.9 Å². The second kappa shape index (κ2) is 9.20. The number of rotatable bonds is 5. The van der Waals surface area contributed by atoms with Crippen LogP contribution in [0.25, 0.3) is 0 Å². The number of aromatic nitrogens is 2. The molecule has 0 saturated heterocycles. The van der Waals surface area contributed by atoms with Gasteiger partial charge in [0.2, 0.25) is 0 Å². The maximum Gasteiger partial charge on any atom is 0.434 e. The van der Waals surface area contributed by atoms with E-state index in [1.165, 1.54) is 0 Å². The van der Waals surface area contributed by atoms with Gasteiger partial charge >= 0.3 is 12.3 Å². The van der Waals surface area contributed by atoms with Crippen molar-refractivity contribution in [3.8, 4) is 0 Å². The zero-order valence-electron chi connectivity index (χ0n) is 18.6. The van der Waals surface area contributed by atoms with Gasteiger partial charge in [0.1, 0.15) is 11.9 Å². The fraction of sp³-hybridized carbons (Fsp3) is 0.773. The molecule has 174 valence electrons. The Labute approximate surface area is 181 Å². The molecule has 9 heteroatoms. The molecular formula is C22H33F3N4O2. The highest BCUT2D eigenvalue weighted by Gasteiger charge is 2.42. The summed E-state index contributed by atoms with van der Waals surface area (Å²) in [6.45, 7) is 8.45. The summed E-state index contributed by atoms with van der Waals surface area (Å²) in [6.07, 6.45) is 2.21. The van der Waals surface area contributed by atoms with Crippen LogP contribution in [0, 0.1) is 17.8 Å². The number of anilines is 1. The van der Waals surface area contributed by atoms with Crippen LogP contribution in [0.3, 0.4) is 0 Å². The number of nitrogens with zero attached hydrogens (tertiary/aromatic N) is 2. The number of hydrogen-bond donors (Lipinski definition) is 2. The highest BCUT2D eigenvalue weighted by atomic mass is 19.4. The normalized spacial score (nSPS) is 31.5. The third-order valence-electron chi connectivity index (χ3n) is 6.83. The van der Waals surface area contributed by atoms with E-state index >= 15 is 0 Å². The van der Waals surface area contributed by atoms with Crippen molar-refractivity contribution in [3.05, 3.63) is 18.1 Å². The number of alkyl halides is 3. The molecule has 2 aliphatic rings. The third-order valence-corrected chi connectivity index (χ3v) is 6.83. The molecule has 6 nitrogen and oxygen atoms in total. The summed E-state index contributed by atoms with van der Waals surface area (Å²) in [6, 6.07) is -0.220. The van der Waals surface area contributed by atoms with Gasteiger partial charge in [0.25, 0.3) is 0 Å². The van der Waals surface area contributed by atoms with Crippen molar-refractivity contribution in [1.29, 1.82) is 0 Å². The number of amides is 1. The van der Waals surface area contributed by atoms with Crippen LogP contribution in [-0.4, -0.2) is 33.7 Å². The van der Waals surface area contributed by atoms with Crippen molar-refractivity contribution < 1.29 is 22.7 Å². The highest BCUT2D eigenvalue weighted by Crippen LogP contribution is 2.36. The number of ether oxygens (including phenoxy) is 1. The van der Waals surface area contributed by atoms with Crippen LogP contribution in [0.2, 0.25) is 0 Å². The molecule has 2 N–H and O–H groups in total. The molecule has 1 aromatic heterocycles. The van der Waals surface area contributed by atoms with Crippen LogP contribution in [0.4, 0.5) is 23.8 Å². The molecule has 31 heavy (non-hydrogen) atoms. The molecule has 1 aromatic rings. The topological polar surface area (TPSA) is 76.1 Å². The van der Waals surface area contributed by atoms with Crippen molar-refractivity contribution in [2.45, 2.75) is 90.1 Å². The Morgan fingerprint density at radius 2 is 1.97 bits per heavy atom. The van der Waals surface area contributed by atoms with E-state index in [0.717, 1.165) is 44.7 Å². The van der Waals surface area contributed by atoms with E-state index in [1.54, 1.807) is 0 Å². The van der Waals surface area contributed by atoms with Crippen LogP contribution >= 0.6 is 0 Å². The smallest absolute Gasteiger partial charge is 0.434 e. The largest absolute Gasteiger partial charge is 0.446 e. The van der Waals surface area contributed by atoms with Crippen molar-refractivity contribution >= 4 is 11.9 Å². The molecule has 0 radical (unpaired) electrons. The van der Waals surface area contributed by atoms with Crippen molar-refractivity contribution in [1.82, 2.24) is 15.3 Å². The summed E-state index contributed by atoms with van der Waals surface area (Å²) in [5.74, 6) is 1.59. The first-order chi connectivity index (χ1) is 14.5. The summed E-state index contributed by atoms with van der Waals surface area (Å²) in [5.41, 5.74) is -1.58. The maximum atomic E-state index is 12.7. The summed E-state index contributed by atoms with van der Waals surface area (Å²) < 4.78 is 44.0. The van der Waals surface area contributed by atoms with Crippen LogP contribution in [0.1, 0.15) is 71.9 Å². The first-order valence-electron chi connectivity index (χ1n) is 11.1. The Morgan fingerprint density at radius 1 is 1.23 bits per heavy atom. The lowest BCUT2D eigenvalue weighted by molar-refractivity contribution is -0.141. The van der Waals surface area contributed by atoms with Crippen molar-refractivity contribution in [2.75, 3.05) is 5.32 Å². The third kappa shape index (κ3) is 5.80. The van der Waals surface area contributed by atoms with E-state index < -0.39 is 23.5 Å². The Morgan fingerprint density at radius 3 is 2.58 bits per heavy atom. The summed E-state index contributed by atoms with van der Waals surface area (Å²) in [7, 11) is 0. The predicted molar refractivity (Wildman–Crippen MR) is 111 cm³/mol. The molecule has 0 bridgehead atoms. The van der Waals surface area contributed by atoms with Crippen molar-refractivity contribution in [3.63, 3.8) is 0 Å². The second-order valence-electron chi connectivity index (χ2n) is 9.69. The fourth-order valence-corrected chi connectivity index (χ4v) is 4.94. The van der Waals surface area contributed by atoms with Gasteiger partial charge in [-0.15, -0.1) is 0 Å². The molecule has 2 aliphatic carbocycles. The number of carbonyl (C=O) groups excluding carboxylic acids is 1. The minimum atomic E-state index is -4.53. The lowest BCUT2D eigenvalue weighted by Gasteiger charge is -2.38. The standard InChI is InChI=1S/C22H33F3N4O2/c1-13(2)15-8-7-14(3)10-16(15)31-20(30)28-17-6-5-9-21(17,4)29-19-12-26-18(11-27-19)22(23,24)25/h11-17H,5-10H2,1-4H3,(H,27,29)(H,28,30)/t14?,15?,16?,17-,21-/m0/s1. The molecule has 0 spiro atoms. The van der Waals surface area contributed by atoms with E-state index in [2.05, 4.69) is 41.4 Å². The van der Waals surface area contributed by atoms with E-state index in [0.29, 0.717) is 24.0 Å². The first-order valence-corrected chi connectivity index (χ1v) is 11.1. The predicted octanol–water partition coefficient (Wildman–Crippen LogP) is 5.41. The summed E-state index contributed by atoms with van der Waals surface area (Å²) >= 11 is 0. The molecule has 1 amide bonds. The van der Waals surface area contributed by atoms with Crippen LogP contribution in [0.5, 0.6) is 0 Å². The lowest BCUT2D eigenvalue weighted by Crippen LogP contribution is -2.53. The number of halogens is 3. The molecule has 0 aromatic carbocycles. The molecule has 5 atom stereocenters. The minimum Gasteiger partial charge on any atom is -0.446 e. The SMILES string of the molecule is CC1CCC(C(C)C)C(OC(=O)N[C@H]2CCC[C@]2(C)Nc2cnc(C(F)(F)F)cn2)C1. The Bertz CT molecular complexity index is 756. The minimum absolute atomic E-state index is 0.0925. The number of alkyl carbamates (subject to hydrolysis) is 1. The Hall–Kier alpha value is -2.06. The van der Waals surface area contributed by atoms with Crippen LogP contribution < -0.4 is 10.6 Å². The lowest BCUT2D eigenvalue weighted by atomic mass is 9.75. The summed E-state index contributed by atoms with van der Waals surface area (Å²) in [4.78, 5) is 20.0. The Kier molecular flexibility index (Phi) is 7.01. The average molecular weight is 443 g/mol.